The largest absolute Gasteiger partial charge is 0.462 e. The fraction of sp³-hybridized carbons (Fsp3) is 0.862. The van der Waals surface area contributed by atoms with Gasteiger partial charge in [-0.25, -0.2) is 0 Å². The zero-order valence-corrected chi connectivity index (χ0v) is 22.5. The van der Waals surface area contributed by atoms with Crippen LogP contribution in [-0.4, -0.2) is 52.5 Å². The molecule has 0 amide bonds. The fourth-order valence-corrected chi connectivity index (χ4v) is 7.75. The summed E-state index contributed by atoms with van der Waals surface area (Å²) in [5.74, 6) is 0.313. The Bertz CT molecular complexity index is 790. The van der Waals surface area contributed by atoms with Gasteiger partial charge in [-0.2, -0.15) is 0 Å². The third-order valence-corrected chi connectivity index (χ3v) is 9.83. The Morgan fingerprint density at radius 3 is 2.49 bits per heavy atom. The van der Waals surface area contributed by atoms with Crippen molar-refractivity contribution in [2.75, 3.05) is 13.2 Å². The highest BCUT2D eigenvalue weighted by Crippen LogP contribution is 2.59. The summed E-state index contributed by atoms with van der Waals surface area (Å²) in [7, 11) is 0. The van der Waals surface area contributed by atoms with E-state index in [0.717, 1.165) is 24.8 Å². The highest BCUT2D eigenvalue weighted by atomic mass is 16.5. The van der Waals surface area contributed by atoms with E-state index in [9.17, 15) is 24.9 Å². The van der Waals surface area contributed by atoms with E-state index in [0.29, 0.717) is 44.4 Å². The summed E-state index contributed by atoms with van der Waals surface area (Å²) in [5.41, 5.74) is 0.259. The van der Waals surface area contributed by atoms with Crippen LogP contribution in [0.1, 0.15) is 92.4 Å². The second kappa shape index (κ2) is 11.4. The predicted octanol–water partition coefficient (Wildman–Crippen LogP) is 4.44. The number of esters is 1. The van der Waals surface area contributed by atoms with E-state index >= 15 is 0 Å². The zero-order chi connectivity index (χ0) is 26.0. The van der Waals surface area contributed by atoms with Crippen LogP contribution in [-0.2, 0) is 14.3 Å². The lowest BCUT2D eigenvalue weighted by molar-refractivity contribution is -0.148. The molecule has 0 aromatic heterocycles. The molecule has 3 rings (SSSR count). The summed E-state index contributed by atoms with van der Waals surface area (Å²) in [6, 6.07) is 0. The number of aliphatic hydroxyl groups is 3. The minimum atomic E-state index is -0.577. The van der Waals surface area contributed by atoms with E-state index in [2.05, 4.69) is 33.8 Å². The second-order valence-corrected chi connectivity index (χ2v) is 12.4. The minimum Gasteiger partial charge on any atom is -0.462 e. The number of Topliss-reactive ketones (excluding diaryl/α,β-unsaturated/α-hetero) is 1. The van der Waals surface area contributed by atoms with Crippen LogP contribution in [0.25, 0.3) is 0 Å². The number of ether oxygens (including phenoxy) is 1. The highest BCUT2D eigenvalue weighted by molar-refractivity contribution is 5.91. The molecule has 8 atom stereocenters. The number of hydrogen-bond donors (Lipinski definition) is 3. The number of carbonyl (C=O) groups excluding carboxylic acids is 2. The maximum Gasteiger partial charge on any atom is 0.302 e. The third-order valence-electron chi connectivity index (χ3n) is 9.83. The molecular formula is C29H48O6. The van der Waals surface area contributed by atoms with Gasteiger partial charge >= 0.3 is 5.97 Å². The quantitative estimate of drug-likeness (QED) is 0.308. The van der Waals surface area contributed by atoms with Crippen LogP contribution in [0.2, 0.25) is 0 Å². The molecule has 3 N–H and O–H groups in total. The molecule has 3 aliphatic rings. The first-order chi connectivity index (χ1) is 16.5. The normalized spacial score (nSPS) is 37.1. The molecular weight excluding hydrogens is 444 g/mol. The first-order valence-corrected chi connectivity index (χ1v) is 13.8. The van der Waals surface area contributed by atoms with Gasteiger partial charge in [0.05, 0.1) is 6.10 Å². The van der Waals surface area contributed by atoms with Crippen LogP contribution in [0.5, 0.6) is 0 Å². The fourth-order valence-electron chi connectivity index (χ4n) is 7.75. The molecule has 6 nitrogen and oxygen atoms in total. The summed E-state index contributed by atoms with van der Waals surface area (Å²) in [6.45, 7) is 9.90. The Morgan fingerprint density at radius 2 is 1.89 bits per heavy atom. The van der Waals surface area contributed by atoms with Crippen LogP contribution < -0.4 is 0 Å². The van der Waals surface area contributed by atoms with Crippen LogP contribution in [0, 0.1) is 40.4 Å². The third kappa shape index (κ3) is 5.70. The monoisotopic (exact) mass is 492 g/mol. The summed E-state index contributed by atoms with van der Waals surface area (Å²) >= 11 is 0. The summed E-state index contributed by atoms with van der Waals surface area (Å²) < 4.78 is 5.46. The molecule has 2 saturated carbocycles. The number of fused-ring (bicyclic) bond motifs is 1. The molecule has 0 aromatic carbocycles. The van der Waals surface area contributed by atoms with E-state index in [4.69, 9.17) is 4.74 Å². The molecule has 0 aromatic rings. The van der Waals surface area contributed by atoms with Gasteiger partial charge in [-0.3, -0.25) is 9.59 Å². The number of allylic oxidation sites excluding steroid dienone is 1. The molecule has 0 heterocycles. The lowest BCUT2D eigenvalue weighted by atomic mass is 9.55. The number of hydrogen-bond acceptors (Lipinski definition) is 6. The lowest BCUT2D eigenvalue weighted by Crippen LogP contribution is -2.49. The number of carbonyl (C=O) groups is 2. The van der Waals surface area contributed by atoms with Gasteiger partial charge in [-0.15, -0.1) is 0 Å². The van der Waals surface area contributed by atoms with Crippen LogP contribution >= 0.6 is 0 Å². The standard InChI is InChI=1S/C29H48O6/c1-18(2)6-11-26(33)23(17-31)25-10-9-24(29(25,5)14-15-30)22-8-7-20-16-21(35-19(3)32)12-13-28(20,4)27(22)34/h7,18,21-26,30-31,33H,6,8-17H2,1-5H3. The molecule has 2 fully saturated rings. The number of rotatable bonds is 10. The van der Waals surface area contributed by atoms with Gasteiger partial charge in [0.1, 0.15) is 11.9 Å². The van der Waals surface area contributed by atoms with Crippen molar-refractivity contribution in [3.8, 4) is 0 Å². The van der Waals surface area contributed by atoms with Gasteiger partial charge in [0, 0.05) is 43.8 Å². The molecule has 0 saturated heterocycles. The van der Waals surface area contributed by atoms with E-state index < -0.39 is 11.5 Å². The van der Waals surface area contributed by atoms with E-state index in [1.54, 1.807) is 0 Å². The van der Waals surface area contributed by atoms with Crippen molar-refractivity contribution in [1.29, 1.82) is 0 Å². The van der Waals surface area contributed by atoms with Crippen molar-refractivity contribution in [3.05, 3.63) is 11.6 Å². The van der Waals surface area contributed by atoms with Crippen molar-refractivity contribution in [2.24, 2.45) is 40.4 Å². The van der Waals surface area contributed by atoms with Crippen molar-refractivity contribution in [3.63, 3.8) is 0 Å². The first kappa shape index (κ1) is 28.3. The molecule has 0 bridgehead atoms. The average molecular weight is 493 g/mol. The SMILES string of the molecule is CC(=O)OC1CCC2(C)C(=O)C(C3CCC(C(CO)C(O)CCC(C)C)C3(C)CCO)CC=C2C1. The maximum atomic E-state index is 14.0. The molecule has 0 radical (unpaired) electrons. The maximum absolute atomic E-state index is 14.0. The van der Waals surface area contributed by atoms with Crippen molar-refractivity contribution in [2.45, 2.75) is 105 Å². The van der Waals surface area contributed by atoms with Crippen LogP contribution in [0.15, 0.2) is 11.6 Å². The van der Waals surface area contributed by atoms with E-state index in [1.165, 1.54) is 6.92 Å². The van der Waals surface area contributed by atoms with Crippen molar-refractivity contribution in [1.82, 2.24) is 0 Å². The zero-order valence-electron chi connectivity index (χ0n) is 22.5. The Hall–Kier alpha value is -1.24. The van der Waals surface area contributed by atoms with Gasteiger partial charge in [-0.1, -0.05) is 32.4 Å². The summed E-state index contributed by atoms with van der Waals surface area (Å²) in [4.78, 5) is 25.5. The Kier molecular flexibility index (Phi) is 9.26. The van der Waals surface area contributed by atoms with Gasteiger partial charge in [0.2, 0.25) is 0 Å². The topological polar surface area (TPSA) is 104 Å². The number of aliphatic hydroxyl groups excluding tert-OH is 3. The smallest absolute Gasteiger partial charge is 0.302 e. The van der Waals surface area contributed by atoms with Crippen molar-refractivity contribution >= 4 is 11.8 Å². The van der Waals surface area contributed by atoms with Gasteiger partial charge < -0.3 is 20.1 Å². The molecule has 6 heteroatoms. The van der Waals surface area contributed by atoms with E-state index in [-0.39, 0.29) is 60.2 Å². The predicted molar refractivity (Wildman–Crippen MR) is 135 cm³/mol. The minimum absolute atomic E-state index is 0.0348. The Morgan fingerprint density at radius 1 is 1.17 bits per heavy atom. The van der Waals surface area contributed by atoms with Crippen LogP contribution in [0.3, 0.4) is 0 Å². The molecule has 3 aliphatic carbocycles. The molecule has 8 unspecified atom stereocenters. The second-order valence-electron chi connectivity index (χ2n) is 12.4. The molecule has 0 aliphatic heterocycles. The number of ketones is 1. The van der Waals surface area contributed by atoms with Gasteiger partial charge in [0.15, 0.2) is 0 Å². The van der Waals surface area contributed by atoms with Gasteiger partial charge in [0.25, 0.3) is 0 Å². The Labute approximate surface area is 211 Å². The Balaban J connectivity index is 1.83. The molecule has 200 valence electrons. The summed E-state index contributed by atoms with van der Waals surface area (Å²) in [6.07, 6.45) is 8.05. The molecule has 0 spiro atoms. The van der Waals surface area contributed by atoms with E-state index in [1.807, 2.05) is 0 Å². The molecule has 35 heavy (non-hydrogen) atoms. The lowest BCUT2D eigenvalue weighted by Gasteiger charge is -2.48. The highest BCUT2D eigenvalue weighted by Gasteiger charge is 2.57. The summed E-state index contributed by atoms with van der Waals surface area (Å²) in [5, 5.41) is 31.4. The average Bonchev–Trinajstić information content (AvgIpc) is 3.11. The van der Waals surface area contributed by atoms with Gasteiger partial charge in [-0.05, 0) is 81.5 Å². The van der Waals surface area contributed by atoms with Crippen molar-refractivity contribution < 1.29 is 29.6 Å². The van der Waals surface area contributed by atoms with Crippen LogP contribution in [0.4, 0.5) is 0 Å². The first-order valence-electron chi connectivity index (χ1n) is 13.8.